The number of hydrogen-bond donors (Lipinski definition) is 2. The van der Waals surface area contributed by atoms with Crippen molar-refractivity contribution in [3.8, 4) is 0 Å². The van der Waals surface area contributed by atoms with Gasteiger partial charge in [-0.2, -0.15) is 0 Å². The maximum Gasteiger partial charge on any atom is 0.237 e. The van der Waals surface area contributed by atoms with Crippen LogP contribution in [-0.2, 0) is 4.79 Å². The molecule has 2 N–H and O–H groups in total. The fourth-order valence-corrected chi connectivity index (χ4v) is 3.14. The number of carbonyl (C=O) groups excluding carboxylic acids is 1. The van der Waals surface area contributed by atoms with Crippen LogP contribution in [0, 0.1) is 11.8 Å². The highest BCUT2D eigenvalue weighted by atomic mass is 16.3. The van der Waals surface area contributed by atoms with Crippen LogP contribution in [0.25, 0.3) is 0 Å². The molecular weight excluding hydrogens is 228 g/mol. The molecular formula is C14H26N2O2. The van der Waals surface area contributed by atoms with Crippen LogP contribution in [0.4, 0.5) is 0 Å². The van der Waals surface area contributed by atoms with E-state index in [1.54, 1.807) is 0 Å². The van der Waals surface area contributed by atoms with Crippen molar-refractivity contribution in [3.63, 3.8) is 0 Å². The van der Waals surface area contributed by atoms with Crippen LogP contribution in [-0.4, -0.2) is 47.7 Å². The van der Waals surface area contributed by atoms with Crippen molar-refractivity contribution in [1.29, 1.82) is 0 Å². The zero-order valence-electron chi connectivity index (χ0n) is 11.6. The number of nitrogens with zero attached hydrogens (tertiary/aromatic N) is 1. The fraction of sp³-hybridized carbons (Fsp3) is 0.929. The molecule has 1 aliphatic heterocycles. The molecule has 0 aromatic heterocycles. The molecule has 1 saturated carbocycles. The van der Waals surface area contributed by atoms with E-state index < -0.39 is 0 Å². The fourth-order valence-electron chi connectivity index (χ4n) is 3.14. The van der Waals surface area contributed by atoms with Gasteiger partial charge in [-0.1, -0.05) is 13.3 Å². The highest BCUT2D eigenvalue weighted by Crippen LogP contribution is 2.24. The molecule has 3 atom stereocenters. The van der Waals surface area contributed by atoms with Gasteiger partial charge in [0.15, 0.2) is 0 Å². The van der Waals surface area contributed by atoms with Gasteiger partial charge in [0, 0.05) is 25.7 Å². The smallest absolute Gasteiger partial charge is 0.237 e. The van der Waals surface area contributed by atoms with Crippen LogP contribution in [0.5, 0.6) is 0 Å². The Kier molecular flexibility index (Phi) is 4.62. The third-order valence-electron chi connectivity index (χ3n) is 4.41. The van der Waals surface area contributed by atoms with E-state index in [0.29, 0.717) is 5.92 Å². The summed E-state index contributed by atoms with van der Waals surface area (Å²) in [6.07, 6.45) is 4.21. The Hall–Kier alpha value is -0.610. The van der Waals surface area contributed by atoms with E-state index in [4.69, 9.17) is 0 Å². The van der Waals surface area contributed by atoms with Crippen LogP contribution < -0.4 is 5.32 Å². The summed E-state index contributed by atoms with van der Waals surface area (Å²) in [4.78, 5) is 14.4. The first-order chi connectivity index (χ1) is 8.60. The first-order valence-electron chi connectivity index (χ1n) is 7.25. The van der Waals surface area contributed by atoms with Crippen molar-refractivity contribution in [2.24, 2.45) is 11.8 Å². The first-order valence-corrected chi connectivity index (χ1v) is 7.25. The molecule has 18 heavy (non-hydrogen) atoms. The summed E-state index contributed by atoms with van der Waals surface area (Å²) >= 11 is 0. The quantitative estimate of drug-likeness (QED) is 0.787. The number of likely N-dealkylation sites (tertiary alicyclic amines) is 1. The van der Waals surface area contributed by atoms with Gasteiger partial charge in [-0.05, 0) is 38.0 Å². The predicted octanol–water partition coefficient (Wildman–Crippen LogP) is 0.994. The van der Waals surface area contributed by atoms with Crippen molar-refractivity contribution >= 4 is 5.91 Å². The SMILES string of the molecule is CC1CN(C(C)C(=O)NC2CCCC(CO)C2)C1. The second-order valence-electron chi connectivity index (χ2n) is 6.16. The largest absolute Gasteiger partial charge is 0.396 e. The monoisotopic (exact) mass is 254 g/mol. The van der Waals surface area contributed by atoms with Gasteiger partial charge in [-0.15, -0.1) is 0 Å². The van der Waals surface area contributed by atoms with Crippen molar-refractivity contribution in [2.45, 2.75) is 51.6 Å². The number of amides is 1. The van der Waals surface area contributed by atoms with Gasteiger partial charge >= 0.3 is 0 Å². The molecule has 104 valence electrons. The lowest BCUT2D eigenvalue weighted by atomic mass is 9.86. The summed E-state index contributed by atoms with van der Waals surface area (Å²) in [5.74, 6) is 1.27. The van der Waals surface area contributed by atoms with Gasteiger partial charge in [0.1, 0.15) is 0 Å². The maximum atomic E-state index is 12.1. The molecule has 1 amide bonds. The highest BCUT2D eigenvalue weighted by Gasteiger charge is 2.32. The predicted molar refractivity (Wildman–Crippen MR) is 71.2 cm³/mol. The molecule has 4 nitrogen and oxygen atoms in total. The molecule has 0 aromatic rings. The topological polar surface area (TPSA) is 52.6 Å². The van der Waals surface area contributed by atoms with Crippen molar-refractivity contribution in [2.75, 3.05) is 19.7 Å². The van der Waals surface area contributed by atoms with Crippen molar-refractivity contribution in [1.82, 2.24) is 10.2 Å². The third-order valence-corrected chi connectivity index (χ3v) is 4.41. The lowest BCUT2D eigenvalue weighted by Gasteiger charge is -2.41. The normalized spacial score (nSPS) is 31.7. The van der Waals surface area contributed by atoms with Crippen LogP contribution in [0.15, 0.2) is 0 Å². The Labute approximate surface area is 110 Å². The van der Waals surface area contributed by atoms with Gasteiger partial charge in [0.25, 0.3) is 0 Å². The van der Waals surface area contributed by atoms with E-state index in [-0.39, 0.29) is 24.6 Å². The molecule has 1 heterocycles. The van der Waals surface area contributed by atoms with Crippen LogP contribution >= 0.6 is 0 Å². The van der Waals surface area contributed by atoms with Crippen LogP contribution in [0.1, 0.15) is 39.5 Å². The van der Waals surface area contributed by atoms with E-state index in [2.05, 4.69) is 17.1 Å². The Morgan fingerprint density at radius 1 is 1.44 bits per heavy atom. The number of nitrogens with one attached hydrogen (secondary N) is 1. The molecule has 3 unspecified atom stereocenters. The van der Waals surface area contributed by atoms with E-state index in [1.807, 2.05) is 6.92 Å². The molecule has 0 radical (unpaired) electrons. The highest BCUT2D eigenvalue weighted by molar-refractivity contribution is 5.81. The van der Waals surface area contributed by atoms with E-state index >= 15 is 0 Å². The molecule has 0 bridgehead atoms. The lowest BCUT2D eigenvalue weighted by Crippen LogP contribution is -2.56. The lowest BCUT2D eigenvalue weighted by molar-refractivity contribution is -0.129. The maximum absolute atomic E-state index is 12.1. The Morgan fingerprint density at radius 3 is 2.78 bits per heavy atom. The summed E-state index contributed by atoms with van der Waals surface area (Å²) in [5.41, 5.74) is 0. The van der Waals surface area contributed by atoms with Crippen molar-refractivity contribution in [3.05, 3.63) is 0 Å². The Morgan fingerprint density at radius 2 is 2.17 bits per heavy atom. The molecule has 1 saturated heterocycles. The summed E-state index contributed by atoms with van der Waals surface area (Å²) < 4.78 is 0. The molecule has 2 fully saturated rings. The molecule has 0 aromatic carbocycles. The molecule has 4 heteroatoms. The minimum absolute atomic E-state index is 0.00398. The zero-order valence-corrected chi connectivity index (χ0v) is 11.6. The minimum atomic E-state index is -0.00398. The second kappa shape index (κ2) is 6.02. The number of aliphatic hydroxyl groups is 1. The Balaban J connectivity index is 1.76. The molecule has 2 aliphatic rings. The average molecular weight is 254 g/mol. The number of rotatable bonds is 4. The standard InChI is InChI=1S/C14H26N2O2/c1-10-7-16(8-10)11(2)14(18)15-13-5-3-4-12(6-13)9-17/h10-13,17H,3-9H2,1-2H3,(H,15,18). The summed E-state index contributed by atoms with van der Waals surface area (Å²) in [6.45, 7) is 6.55. The number of carbonyl (C=O) groups is 1. The van der Waals surface area contributed by atoms with E-state index in [9.17, 15) is 9.90 Å². The summed E-state index contributed by atoms with van der Waals surface area (Å²) in [7, 11) is 0. The first kappa shape index (κ1) is 13.8. The third kappa shape index (κ3) is 3.23. The second-order valence-corrected chi connectivity index (χ2v) is 6.16. The van der Waals surface area contributed by atoms with Gasteiger partial charge in [0.2, 0.25) is 5.91 Å². The van der Waals surface area contributed by atoms with Gasteiger partial charge < -0.3 is 10.4 Å². The Bertz CT molecular complexity index is 290. The molecule has 0 spiro atoms. The van der Waals surface area contributed by atoms with Crippen molar-refractivity contribution < 1.29 is 9.90 Å². The van der Waals surface area contributed by atoms with E-state index in [0.717, 1.165) is 44.7 Å². The van der Waals surface area contributed by atoms with E-state index in [1.165, 1.54) is 0 Å². The zero-order chi connectivity index (χ0) is 13.1. The van der Waals surface area contributed by atoms with Crippen LogP contribution in [0.2, 0.25) is 0 Å². The number of aliphatic hydroxyl groups excluding tert-OH is 1. The molecule has 2 rings (SSSR count). The average Bonchev–Trinajstić information content (AvgIpc) is 2.34. The minimum Gasteiger partial charge on any atom is -0.396 e. The summed E-state index contributed by atoms with van der Waals surface area (Å²) in [5, 5.41) is 12.4. The van der Waals surface area contributed by atoms with Gasteiger partial charge in [-0.25, -0.2) is 0 Å². The van der Waals surface area contributed by atoms with Gasteiger partial charge in [0.05, 0.1) is 6.04 Å². The summed E-state index contributed by atoms with van der Waals surface area (Å²) in [6, 6.07) is 0.264. The number of hydrogen-bond acceptors (Lipinski definition) is 3. The molecule has 1 aliphatic carbocycles. The van der Waals surface area contributed by atoms with Gasteiger partial charge in [-0.3, -0.25) is 9.69 Å². The van der Waals surface area contributed by atoms with Crippen LogP contribution in [0.3, 0.4) is 0 Å².